The third-order valence-corrected chi connectivity index (χ3v) is 3.13. The number of nitrogens with two attached hydrogens (primary N) is 1. The summed E-state index contributed by atoms with van der Waals surface area (Å²) in [5.41, 5.74) is 6.72. The molecule has 2 N–H and O–H groups in total. The van der Waals surface area contributed by atoms with Crippen LogP contribution in [0.2, 0.25) is 0 Å². The van der Waals surface area contributed by atoms with E-state index in [9.17, 15) is 0 Å². The van der Waals surface area contributed by atoms with Gasteiger partial charge in [0.2, 0.25) is 11.8 Å². The molecule has 2 heterocycles. The van der Waals surface area contributed by atoms with E-state index in [1.54, 1.807) is 13.2 Å². The summed E-state index contributed by atoms with van der Waals surface area (Å²) in [5.74, 6) is 2.21. The smallest absolute Gasteiger partial charge is 0.225 e. The summed E-state index contributed by atoms with van der Waals surface area (Å²) in [5, 5.41) is 0. The highest BCUT2D eigenvalue weighted by Crippen LogP contribution is 2.35. The van der Waals surface area contributed by atoms with Crippen LogP contribution in [0.15, 0.2) is 30.3 Å². The van der Waals surface area contributed by atoms with Crippen molar-refractivity contribution in [1.82, 2.24) is 9.97 Å². The second-order valence-electron chi connectivity index (χ2n) is 4.45. The molecule has 6 nitrogen and oxygen atoms in total. The van der Waals surface area contributed by atoms with Gasteiger partial charge in [0.15, 0.2) is 0 Å². The van der Waals surface area contributed by atoms with Gasteiger partial charge in [-0.2, -0.15) is 9.97 Å². The molecule has 0 radical (unpaired) electrons. The van der Waals surface area contributed by atoms with Crippen molar-refractivity contribution in [3.63, 3.8) is 0 Å². The van der Waals surface area contributed by atoms with Gasteiger partial charge in [-0.05, 0) is 18.6 Å². The lowest BCUT2D eigenvalue weighted by molar-refractivity contribution is 0.322. The van der Waals surface area contributed by atoms with Crippen molar-refractivity contribution in [2.24, 2.45) is 0 Å². The van der Waals surface area contributed by atoms with Gasteiger partial charge in [-0.3, -0.25) is 0 Å². The number of methoxy groups -OCH3 is 1. The molecule has 0 aliphatic carbocycles. The van der Waals surface area contributed by atoms with Crippen molar-refractivity contribution in [2.45, 2.75) is 6.42 Å². The Morgan fingerprint density at radius 1 is 1.30 bits per heavy atom. The minimum absolute atomic E-state index is 0.196. The van der Waals surface area contributed by atoms with E-state index in [1.165, 1.54) is 0 Å². The molecule has 1 aromatic heterocycles. The molecule has 1 aliphatic heterocycles. The van der Waals surface area contributed by atoms with E-state index in [0.717, 1.165) is 24.4 Å². The molecule has 1 aliphatic rings. The summed E-state index contributed by atoms with van der Waals surface area (Å²) in [6, 6.07) is 9.67. The van der Waals surface area contributed by atoms with Crippen LogP contribution in [0.25, 0.3) is 0 Å². The fraction of sp³-hybridized carbons (Fsp3) is 0.286. The lowest BCUT2D eigenvalue weighted by Gasteiger charge is -2.23. The fourth-order valence-electron chi connectivity index (χ4n) is 2.24. The van der Waals surface area contributed by atoms with E-state index >= 15 is 0 Å². The molecule has 0 spiro atoms. The number of benzene rings is 1. The fourth-order valence-corrected chi connectivity index (χ4v) is 2.24. The van der Waals surface area contributed by atoms with Crippen molar-refractivity contribution in [2.75, 3.05) is 30.9 Å². The number of nitrogen functional groups attached to an aromatic ring is 1. The number of nitrogens with zero attached hydrogens (tertiary/aromatic N) is 3. The lowest BCUT2D eigenvalue weighted by atomic mass is 10.2. The number of hydrogen-bond donors (Lipinski definition) is 1. The Morgan fingerprint density at radius 3 is 3.00 bits per heavy atom. The van der Waals surface area contributed by atoms with Crippen LogP contribution in [0, 0.1) is 0 Å². The monoisotopic (exact) mass is 272 g/mol. The lowest BCUT2D eigenvalue weighted by Crippen LogP contribution is -2.19. The van der Waals surface area contributed by atoms with Crippen LogP contribution in [0.5, 0.6) is 11.6 Å². The molecule has 0 unspecified atom stereocenters. The quantitative estimate of drug-likeness (QED) is 0.901. The predicted octanol–water partition coefficient (Wildman–Crippen LogP) is 1.99. The van der Waals surface area contributed by atoms with E-state index in [1.807, 2.05) is 24.3 Å². The molecular formula is C14H16N4O2. The van der Waals surface area contributed by atoms with Crippen LogP contribution in [0.4, 0.5) is 17.5 Å². The highest BCUT2D eigenvalue weighted by atomic mass is 16.5. The van der Waals surface area contributed by atoms with Gasteiger partial charge in [0.05, 0.1) is 19.4 Å². The average molecular weight is 272 g/mol. The van der Waals surface area contributed by atoms with Crippen LogP contribution < -0.4 is 20.1 Å². The predicted molar refractivity (Wildman–Crippen MR) is 76.6 cm³/mol. The van der Waals surface area contributed by atoms with Gasteiger partial charge in [0, 0.05) is 12.6 Å². The van der Waals surface area contributed by atoms with Crippen molar-refractivity contribution in [3.8, 4) is 11.6 Å². The maximum Gasteiger partial charge on any atom is 0.225 e. The molecular weight excluding hydrogens is 256 g/mol. The zero-order valence-electron chi connectivity index (χ0n) is 11.2. The minimum atomic E-state index is 0.196. The highest BCUT2D eigenvalue weighted by molar-refractivity contribution is 5.68. The zero-order chi connectivity index (χ0) is 13.9. The molecule has 0 saturated heterocycles. The molecule has 6 heteroatoms. The second-order valence-corrected chi connectivity index (χ2v) is 4.45. The summed E-state index contributed by atoms with van der Waals surface area (Å²) in [7, 11) is 1.56. The average Bonchev–Trinajstić information content (AvgIpc) is 2.69. The normalized spacial score (nSPS) is 14.2. The Morgan fingerprint density at radius 2 is 2.15 bits per heavy atom. The molecule has 0 fully saturated rings. The third kappa shape index (κ3) is 2.32. The molecule has 2 aromatic rings. The van der Waals surface area contributed by atoms with Crippen LogP contribution >= 0.6 is 0 Å². The Bertz CT molecular complexity index is 618. The first-order valence-electron chi connectivity index (χ1n) is 6.46. The number of ether oxygens (including phenoxy) is 2. The van der Waals surface area contributed by atoms with Gasteiger partial charge in [-0.15, -0.1) is 0 Å². The third-order valence-electron chi connectivity index (χ3n) is 3.13. The molecule has 0 amide bonds. The zero-order valence-corrected chi connectivity index (χ0v) is 11.2. The van der Waals surface area contributed by atoms with Gasteiger partial charge >= 0.3 is 0 Å². The SMILES string of the molecule is COc1cc(N2CCCOc3ccccc32)nc(N)n1. The van der Waals surface area contributed by atoms with E-state index < -0.39 is 0 Å². The van der Waals surface area contributed by atoms with E-state index in [4.69, 9.17) is 15.2 Å². The van der Waals surface area contributed by atoms with E-state index in [2.05, 4.69) is 14.9 Å². The molecule has 0 atom stereocenters. The summed E-state index contributed by atoms with van der Waals surface area (Å²) in [6.07, 6.45) is 0.904. The Kier molecular flexibility index (Phi) is 3.28. The molecule has 20 heavy (non-hydrogen) atoms. The van der Waals surface area contributed by atoms with E-state index in [-0.39, 0.29) is 5.95 Å². The number of aromatic nitrogens is 2. The van der Waals surface area contributed by atoms with Crippen LogP contribution in [-0.2, 0) is 0 Å². The van der Waals surface area contributed by atoms with Crippen LogP contribution in [0.3, 0.4) is 0 Å². The Hall–Kier alpha value is -2.50. The van der Waals surface area contributed by atoms with E-state index in [0.29, 0.717) is 18.3 Å². The molecule has 0 saturated carbocycles. The van der Waals surface area contributed by atoms with Crippen LogP contribution in [-0.4, -0.2) is 30.2 Å². The first-order valence-corrected chi connectivity index (χ1v) is 6.46. The summed E-state index contributed by atoms with van der Waals surface area (Å²) in [4.78, 5) is 10.4. The molecule has 104 valence electrons. The number of rotatable bonds is 2. The van der Waals surface area contributed by atoms with Crippen molar-refractivity contribution in [3.05, 3.63) is 30.3 Å². The number of fused-ring (bicyclic) bond motifs is 1. The molecule has 0 bridgehead atoms. The maximum atomic E-state index is 5.74. The first-order chi connectivity index (χ1) is 9.78. The van der Waals surface area contributed by atoms with Gasteiger partial charge in [0.25, 0.3) is 0 Å². The summed E-state index contributed by atoms with van der Waals surface area (Å²) >= 11 is 0. The van der Waals surface area contributed by atoms with Gasteiger partial charge in [-0.25, -0.2) is 0 Å². The Balaban J connectivity index is 2.07. The molecule has 1 aromatic carbocycles. The van der Waals surface area contributed by atoms with Crippen molar-refractivity contribution >= 4 is 17.5 Å². The van der Waals surface area contributed by atoms with Gasteiger partial charge < -0.3 is 20.1 Å². The maximum absolute atomic E-state index is 5.74. The Labute approximate surface area is 117 Å². The van der Waals surface area contributed by atoms with Crippen molar-refractivity contribution < 1.29 is 9.47 Å². The van der Waals surface area contributed by atoms with Crippen molar-refractivity contribution in [1.29, 1.82) is 0 Å². The highest BCUT2D eigenvalue weighted by Gasteiger charge is 2.19. The topological polar surface area (TPSA) is 73.5 Å². The standard InChI is InChI=1S/C14H16N4O2/c1-19-13-9-12(16-14(15)17-13)18-7-4-8-20-11-6-3-2-5-10(11)18/h2-3,5-6,9H,4,7-8H2,1H3,(H2,15,16,17). The minimum Gasteiger partial charge on any atom is -0.491 e. The number of anilines is 3. The number of para-hydroxylation sites is 2. The summed E-state index contributed by atoms with van der Waals surface area (Å²) < 4.78 is 10.9. The molecule has 3 rings (SSSR count). The van der Waals surface area contributed by atoms with Gasteiger partial charge in [-0.1, -0.05) is 12.1 Å². The second kappa shape index (κ2) is 5.24. The number of hydrogen-bond acceptors (Lipinski definition) is 6. The van der Waals surface area contributed by atoms with Gasteiger partial charge in [0.1, 0.15) is 11.6 Å². The largest absolute Gasteiger partial charge is 0.491 e. The van der Waals surface area contributed by atoms with Crippen LogP contribution in [0.1, 0.15) is 6.42 Å². The summed E-state index contributed by atoms with van der Waals surface area (Å²) in [6.45, 7) is 1.49. The first kappa shape index (κ1) is 12.5.